The molecule has 0 amide bonds. The second-order valence-corrected chi connectivity index (χ2v) is 6.09. The summed E-state index contributed by atoms with van der Waals surface area (Å²) in [6.07, 6.45) is 7.19. The van der Waals surface area contributed by atoms with E-state index in [2.05, 4.69) is 31.0 Å². The van der Waals surface area contributed by atoms with Gasteiger partial charge in [0, 0.05) is 19.0 Å². The molecule has 0 unspecified atom stereocenters. The molecule has 3 heterocycles. The first kappa shape index (κ1) is 12.7. The molecule has 7 heteroatoms. The molecule has 0 atom stereocenters. The van der Waals surface area contributed by atoms with E-state index in [4.69, 9.17) is 9.47 Å². The summed E-state index contributed by atoms with van der Waals surface area (Å²) in [5.74, 6) is -0.328. The van der Waals surface area contributed by atoms with Gasteiger partial charge in [0.25, 0.3) is 0 Å². The summed E-state index contributed by atoms with van der Waals surface area (Å²) in [7, 11) is 0. The first-order chi connectivity index (χ1) is 9.77. The van der Waals surface area contributed by atoms with Crippen LogP contribution >= 0.6 is 15.9 Å². The van der Waals surface area contributed by atoms with Crippen molar-refractivity contribution in [2.24, 2.45) is 0 Å². The maximum atomic E-state index is 5.77. The summed E-state index contributed by atoms with van der Waals surface area (Å²) in [5.41, 5.74) is 0.890. The lowest BCUT2D eigenvalue weighted by Crippen LogP contribution is -2.36. The Balaban J connectivity index is 1.61. The molecule has 1 spiro atoms. The van der Waals surface area contributed by atoms with Crippen LogP contribution in [0.3, 0.4) is 0 Å². The van der Waals surface area contributed by atoms with Gasteiger partial charge in [-0.05, 0) is 28.8 Å². The molecule has 1 aliphatic heterocycles. The number of halogens is 1. The van der Waals surface area contributed by atoms with Crippen LogP contribution in [0.5, 0.6) is 0 Å². The Bertz CT molecular complexity index is 628. The van der Waals surface area contributed by atoms with Crippen LogP contribution in [-0.2, 0) is 9.47 Å². The highest BCUT2D eigenvalue weighted by Crippen LogP contribution is 2.41. The van der Waals surface area contributed by atoms with Crippen LogP contribution in [0.25, 0.3) is 11.0 Å². The zero-order valence-corrected chi connectivity index (χ0v) is 12.5. The van der Waals surface area contributed by atoms with Gasteiger partial charge in [0.05, 0.1) is 24.6 Å². The molecule has 2 aromatic rings. The van der Waals surface area contributed by atoms with E-state index in [1.54, 1.807) is 12.5 Å². The number of fused-ring (bicyclic) bond motifs is 1. The van der Waals surface area contributed by atoms with Crippen LogP contribution in [0.2, 0.25) is 0 Å². The fraction of sp³-hybridized carbons (Fsp3) is 0.615. The van der Waals surface area contributed by atoms with E-state index in [0.29, 0.717) is 19.3 Å². The highest BCUT2D eigenvalue weighted by molar-refractivity contribution is 9.10. The summed E-state index contributed by atoms with van der Waals surface area (Å²) in [4.78, 5) is 8.42. The summed E-state index contributed by atoms with van der Waals surface area (Å²) in [6, 6.07) is 0.345. The maximum Gasteiger partial charge on any atom is 0.168 e. The van der Waals surface area contributed by atoms with Crippen LogP contribution < -0.4 is 0 Å². The van der Waals surface area contributed by atoms with Crippen LogP contribution in [0.4, 0.5) is 0 Å². The predicted octanol–water partition coefficient (Wildman–Crippen LogP) is 2.45. The van der Waals surface area contributed by atoms with E-state index >= 15 is 0 Å². The second kappa shape index (κ2) is 4.75. The second-order valence-electron chi connectivity index (χ2n) is 5.33. The highest BCUT2D eigenvalue weighted by Gasteiger charge is 2.41. The lowest BCUT2D eigenvalue weighted by atomic mass is 9.90. The van der Waals surface area contributed by atoms with E-state index in [9.17, 15) is 0 Å². The van der Waals surface area contributed by atoms with Crippen LogP contribution in [-0.4, -0.2) is 38.7 Å². The molecule has 0 aromatic carbocycles. The molecule has 0 bridgehead atoms. The third kappa shape index (κ3) is 1.96. The summed E-state index contributed by atoms with van der Waals surface area (Å²) >= 11 is 3.48. The average Bonchev–Trinajstić information content (AvgIpc) is 3.07. The lowest BCUT2D eigenvalue weighted by molar-refractivity contribution is -0.181. The number of ether oxygens (including phenoxy) is 2. The monoisotopic (exact) mass is 338 g/mol. The molecule has 1 saturated heterocycles. The van der Waals surface area contributed by atoms with E-state index in [-0.39, 0.29) is 5.79 Å². The van der Waals surface area contributed by atoms with E-state index in [0.717, 1.165) is 41.3 Å². The normalized spacial score (nSPS) is 22.9. The van der Waals surface area contributed by atoms with Crippen molar-refractivity contribution in [1.82, 2.24) is 19.7 Å². The first-order valence-electron chi connectivity index (χ1n) is 6.89. The Morgan fingerprint density at radius 2 is 2.00 bits per heavy atom. The fourth-order valence-electron chi connectivity index (χ4n) is 3.17. The van der Waals surface area contributed by atoms with Gasteiger partial charge in [-0.25, -0.2) is 14.6 Å². The van der Waals surface area contributed by atoms with Gasteiger partial charge in [-0.15, -0.1) is 0 Å². The minimum Gasteiger partial charge on any atom is -0.348 e. The summed E-state index contributed by atoms with van der Waals surface area (Å²) < 4.78 is 14.4. The first-order valence-corrected chi connectivity index (χ1v) is 7.68. The van der Waals surface area contributed by atoms with Crippen LogP contribution in [0, 0.1) is 0 Å². The molecular formula is C13H15BrN4O2. The molecule has 106 valence electrons. The van der Waals surface area contributed by atoms with Gasteiger partial charge in [-0.3, -0.25) is 0 Å². The van der Waals surface area contributed by atoms with Gasteiger partial charge in [0.15, 0.2) is 11.4 Å². The van der Waals surface area contributed by atoms with Crippen molar-refractivity contribution in [3.63, 3.8) is 0 Å². The molecule has 6 nitrogen and oxygen atoms in total. The van der Waals surface area contributed by atoms with Gasteiger partial charge in [0.1, 0.15) is 10.9 Å². The topological polar surface area (TPSA) is 62.1 Å². The standard InChI is InChI=1S/C13H15BrN4O2/c14-11-10-7-15-8-16-12(10)18(17-11)9-1-3-13(4-2-9)19-5-6-20-13/h7-9H,1-6H2. The molecule has 2 aromatic heterocycles. The van der Waals surface area contributed by atoms with Gasteiger partial charge in [-0.2, -0.15) is 5.10 Å². The van der Waals surface area contributed by atoms with Crippen molar-refractivity contribution in [1.29, 1.82) is 0 Å². The quantitative estimate of drug-likeness (QED) is 0.799. The van der Waals surface area contributed by atoms with Gasteiger partial charge in [-0.1, -0.05) is 0 Å². The van der Waals surface area contributed by atoms with Gasteiger partial charge < -0.3 is 9.47 Å². The van der Waals surface area contributed by atoms with Crippen molar-refractivity contribution in [2.45, 2.75) is 37.5 Å². The van der Waals surface area contributed by atoms with E-state index in [1.165, 1.54) is 0 Å². The Morgan fingerprint density at radius 1 is 1.25 bits per heavy atom. The summed E-state index contributed by atoms with van der Waals surface area (Å²) in [6.45, 7) is 1.43. The molecule has 2 fully saturated rings. The number of aromatic nitrogens is 4. The molecule has 2 aliphatic rings. The smallest absolute Gasteiger partial charge is 0.168 e. The maximum absolute atomic E-state index is 5.77. The fourth-order valence-corrected chi connectivity index (χ4v) is 3.62. The van der Waals surface area contributed by atoms with Gasteiger partial charge >= 0.3 is 0 Å². The van der Waals surface area contributed by atoms with Gasteiger partial charge in [0.2, 0.25) is 0 Å². The molecular weight excluding hydrogens is 324 g/mol. The van der Waals surface area contributed by atoms with Crippen LogP contribution in [0.1, 0.15) is 31.7 Å². The molecule has 1 saturated carbocycles. The third-order valence-electron chi connectivity index (χ3n) is 4.20. The van der Waals surface area contributed by atoms with Crippen molar-refractivity contribution < 1.29 is 9.47 Å². The number of hydrogen-bond donors (Lipinski definition) is 0. The Kier molecular flexibility index (Phi) is 3.01. The zero-order valence-electron chi connectivity index (χ0n) is 11.0. The zero-order chi connectivity index (χ0) is 13.6. The van der Waals surface area contributed by atoms with Crippen molar-refractivity contribution in [3.8, 4) is 0 Å². The minimum atomic E-state index is -0.328. The number of rotatable bonds is 1. The molecule has 0 N–H and O–H groups in total. The van der Waals surface area contributed by atoms with Crippen molar-refractivity contribution in [3.05, 3.63) is 17.1 Å². The van der Waals surface area contributed by atoms with Crippen molar-refractivity contribution >= 4 is 27.0 Å². The number of hydrogen-bond acceptors (Lipinski definition) is 5. The van der Waals surface area contributed by atoms with Crippen molar-refractivity contribution in [2.75, 3.05) is 13.2 Å². The molecule has 0 radical (unpaired) electrons. The summed E-state index contributed by atoms with van der Waals surface area (Å²) in [5, 5.41) is 5.54. The Labute approximate surface area is 124 Å². The average molecular weight is 339 g/mol. The SMILES string of the molecule is Brc1nn(C2CCC3(CC2)OCCO3)c2ncncc12. The third-order valence-corrected chi connectivity index (χ3v) is 4.79. The molecule has 20 heavy (non-hydrogen) atoms. The number of nitrogens with zero attached hydrogens (tertiary/aromatic N) is 4. The van der Waals surface area contributed by atoms with E-state index in [1.807, 2.05) is 4.68 Å². The van der Waals surface area contributed by atoms with E-state index < -0.39 is 0 Å². The predicted molar refractivity (Wildman–Crippen MR) is 75.2 cm³/mol. The highest BCUT2D eigenvalue weighted by atomic mass is 79.9. The molecule has 1 aliphatic carbocycles. The Hall–Kier alpha value is -1.05. The Morgan fingerprint density at radius 3 is 2.75 bits per heavy atom. The largest absolute Gasteiger partial charge is 0.348 e. The van der Waals surface area contributed by atoms with Crippen LogP contribution in [0.15, 0.2) is 17.1 Å². The molecule has 4 rings (SSSR count). The minimum absolute atomic E-state index is 0.328. The lowest BCUT2D eigenvalue weighted by Gasteiger charge is -2.35.